The molecule has 0 saturated carbocycles. The van der Waals surface area contributed by atoms with Crippen molar-refractivity contribution < 1.29 is 4.74 Å². The maximum absolute atomic E-state index is 5.81. The van der Waals surface area contributed by atoms with Gasteiger partial charge in [-0.1, -0.05) is 6.92 Å². The molecule has 0 radical (unpaired) electrons. The monoisotopic (exact) mass is 288 g/mol. The highest BCUT2D eigenvalue weighted by molar-refractivity contribution is 5.32. The molecular formula is C16H24N4O. The minimum Gasteiger partial charge on any atom is -0.435 e. The van der Waals surface area contributed by atoms with Gasteiger partial charge in [0.15, 0.2) is 5.75 Å². The van der Waals surface area contributed by atoms with Crippen LogP contribution in [0.25, 0.3) is 0 Å². The van der Waals surface area contributed by atoms with Crippen LogP contribution in [-0.4, -0.2) is 21.3 Å². The van der Waals surface area contributed by atoms with Gasteiger partial charge in [-0.25, -0.2) is 4.98 Å². The Balaban J connectivity index is 2.02. The second-order valence-electron chi connectivity index (χ2n) is 5.49. The zero-order valence-corrected chi connectivity index (χ0v) is 13.3. The van der Waals surface area contributed by atoms with Crippen LogP contribution in [0, 0.1) is 6.92 Å². The fourth-order valence-electron chi connectivity index (χ4n) is 2.00. The molecule has 0 unspecified atom stereocenters. The third kappa shape index (κ3) is 4.29. The second kappa shape index (κ2) is 7.22. The Morgan fingerprint density at radius 1 is 1.33 bits per heavy atom. The first-order chi connectivity index (χ1) is 10.1. The summed E-state index contributed by atoms with van der Waals surface area (Å²) in [5, 5.41) is 7.63. The van der Waals surface area contributed by atoms with Gasteiger partial charge in [0.25, 0.3) is 0 Å². The minimum atomic E-state index is 0.323. The van der Waals surface area contributed by atoms with E-state index in [1.165, 1.54) is 5.56 Å². The molecule has 0 spiro atoms. The molecule has 0 aliphatic heterocycles. The molecule has 2 aromatic rings. The van der Waals surface area contributed by atoms with E-state index in [9.17, 15) is 0 Å². The van der Waals surface area contributed by atoms with Gasteiger partial charge < -0.3 is 10.1 Å². The number of aryl methyl sites for hydroxylation is 1. The number of nitrogens with zero attached hydrogens (tertiary/aromatic N) is 3. The van der Waals surface area contributed by atoms with Gasteiger partial charge in [-0.2, -0.15) is 5.10 Å². The van der Waals surface area contributed by atoms with Crippen molar-refractivity contribution in [3.63, 3.8) is 0 Å². The van der Waals surface area contributed by atoms with Gasteiger partial charge >= 0.3 is 0 Å². The van der Waals surface area contributed by atoms with Crippen LogP contribution in [-0.2, 0) is 6.54 Å². The van der Waals surface area contributed by atoms with Crippen molar-refractivity contribution in [2.75, 3.05) is 6.54 Å². The Hall–Kier alpha value is -1.88. The van der Waals surface area contributed by atoms with Gasteiger partial charge in [0.1, 0.15) is 0 Å². The third-order valence-corrected chi connectivity index (χ3v) is 3.16. The van der Waals surface area contributed by atoms with Crippen molar-refractivity contribution in [2.45, 2.75) is 46.7 Å². The summed E-state index contributed by atoms with van der Waals surface area (Å²) in [6, 6.07) is 2.43. The molecule has 21 heavy (non-hydrogen) atoms. The maximum Gasteiger partial charge on any atom is 0.222 e. The Labute approximate surface area is 126 Å². The van der Waals surface area contributed by atoms with Crippen molar-refractivity contribution in [3.8, 4) is 11.6 Å². The lowest BCUT2D eigenvalue weighted by molar-refractivity contribution is 0.454. The molecule has 0 aliphatic carbocycles. The highest BCUT2D eigenvalue weighted by Crippen LogP contribution is 2.23. The molecule has 0 saturated heterocycles. The molecule has 114 valence electrons. The number of aromatic nitrogens is 3. The van der Waals surface area contributed by atoms with E-state index in [1.54, 1.807) is 6.20 Å². The molecule has 2 heterocycles. The van der Waals surface area contributed by atoms with E-state index in [2.05, 4.69) is 42.2 Å². The molecular weight excluding hydrogens is 264 g/mol. The van der Waals surface area contributed by atoms with Crippen molar-refractivity contribution in [2.24, 2.45) is 0 Å². The van der Waals surface area contributed by atoms with Crippen LogP contribution in [0.15, 0.2) is 24.7 Å². The highest BCUT2D eigenvalue weighted by atomic mass is 16.5. The van der Waals surface area contributed by atoms with Crippen LogP contribution in [0.1, 0.15) is 44.4 Å². The van der Waals surface area contributed by atoms with E-state index in [-0.39, 0.29) is 0 Å². The number of nitrogens with one attached hydrogen (secondary N) is 1. The van der Waals surface area contributed by atoms with E-state index < -0.39 is 0 Å². The molecule has 0 aliphatic rings. The smallest absolute Gasteiger partial charge is 0.222 e. The molecule has 2 aromatic heterocycles. The van der Waals surface area contributed by atoms with Crippen LogP contribution in [0.4, 0.5) is 0 Å². The van der Waals surface area contributed by atoms with Crippen molar-refractivity contribution in [1.29, 1.82) is 0 Å². The lowest BCUT2D eigenvalue weighted by atomic mass is 10.2. The SMILES string of the molecule is CCCNCc1cnc(Oc2cnn(C(C)C)c2)c(C)c1. The number of rotatable bonds is 7. The molecule has 1 N–H and O–H groups in total. The fourth-order valence-corrected chi connectivity index (χ4v) is 2.00. The van der Waals surface area contributed by atoms with Crippen LogP contribution < -0.4 is 10.1 Å². The minimum absolute atomic E-state index is 0.323. The number of hydrogen-bond donors (Lipinski definition) is 1. The zero-order chi connectivity index (χ0) is 15.2. The van der Waals surface area contributed by atoms with E-state index in [0.29, 0.717) is 11.9 Å². The van der Waals surface area contributed by atoms with Crippen molar-refractivity contribution in [1.82, 2.24) is 20.1 Å². The summed E-state index contributed by atoms with van der Waals surface area (Å²) in [7, 11) is 0. The van der Waals surface area contributed by atoms with Crippen LogP contribution in [0.3, 0.4) is 0 Å². The van der Waals surface area contributed by atoms with E-state index in [4.69, 9.17) is 4.74 Å². The first-order valence-corrected chi connectivity index (χ1v) is 7.48. The number of ether oxygens (including phenoxy) is 1. The van der Waals surface area contributed by atoms with Gasteiger partial charge in [-0.15, -0.1) is 0 Å². The zero-order valence-electron chi connectivity index (χ0n) is 13.3. The lowest BCUT2D eigenvalue weighted by Gasteiger charge is -2.08. The lowest BCUT2D eigenvalue weighted by Crippen LogP contribution is -2.14. The first-order valence-electron chi connectivity index (χ1n) is 7.48. The molecule has 5 heteroatoms. The summed E-state index contributed by atoms with van der Waals surface area (Å²) in [5.41, 5.74) is 2.20. The molecule has 5 nitrogen and oxygen atoms in total. The first kappa shape index (κ1) is 15.5. The van der Waals surface area contributed by atoms with Gasteiger partial charge in [-0.3, -0.25) is 4.68 Å². The summed E-state index contributed by atoms with van der Waals surface area (Å²) in [6.07, 6.45) is 6.60. The second-order valence-corrected chi connectivity index (χ2v) is 5.49. The van der Waals surface area contributed by atoms with Gasteiger partial charge in [0.2, 0.25) is 5.88 Å². The summed E-state index contributed by atoms with van der Waals surface area (Å²) >= 11 is 0. The van der Waals surface area contributed by atoms with Crippen LogP contribution in [0.5, 0.6) is 11.6 Å². The Bertz CT molecular complexity index is 577. The van der Waals surface area contributed by atoms with E-state index in [0.717, 1.165) is 30.8 Å². The predicted octanol–water partition coefficient (Wildman–Crippen LogP) is 3.46. The van der Waals surface area contributed by atoms with E-state index >= 15 is 0 Å². The topological polar surface area (TPSA) is 52.0 Å². The van der Waals surface area contributed by atoms with Crippen LogP contribution in [0.2, 0.25) is 0 Å². The Kier molecular flexibility index (Phi) is 5.33. The summed E-state index contributed by atoms with van der Waals surface area (Å²) < 4.78 is 7.67. The molecule has 2 rings (SSSR count). The summed E-state index contributed by atoms with van der Waals surface area (Å²) in [5.74, 6) is 1.36. The third-order valence-electron chi connectivity index (χ3n) is 3.16. The van der Waals surface area contributed by atoms with Gasteiger partial charge in [0.05, 0.1) is 12.4 Å². The Morgan fingerprint density at radius 3 is 2.76 bits per heavy atom. The highest BCUT2D eigenvalue weighted by Gasteiger charge is 2.07. The quantitative estimate of drug-likeness (QED) is 0.793. The normalized spacial score (nSPS) is 11.1. The molecule has 0 amide bonds. The molecule has 0 bridgehead atoms. The fraction of sp³-hybridized carbons (Fsp3) is 0.500. The average Bonchev–Trinajstić information content (AvgIpc) is 2.91. The van der Waals surface area contributed by atoms with Crippen LogP contribution >= 0.6 is 0 Å². The van der Waals surface area contributed by atoms with Gasteiger partial charge in [-0.05, 0) is 45.4 Å². The van der Waals surface area contributed by atoms with Crippen molar-refractivity contribution >= 4 is 0 Å². The standard InChI is InChI=1S/C16H24N4O/c1-5-6-17-8-14-7-13(4)16(18-9-14)21-15-10-19-20(11-15)12(2)3/h7,9-12,17H,5-6,8H2,1-4H3. The Morgan fingerprint density at radius 2 is 2.14 bits per heavy atom. The predicted molar refractivity (Wildman–Crippen MR) is 83.7 cm³/mol. The summed E-state index contributed by atoms with van der Waals surface area (Å²) in [4.78, 5) is 4.41. The van der Waals surface area contributed by atoms with E-state index in [1.807, 2.05) is 24.0 Å². The van der Waals surface area contributed by atoms with Crippen molar-refractivity contribution in [3.05, 3.63) is 35.8 Å². The molecule has 0 fully saturated rings. The number of pyridine rings is 1. The number of hydrogen-bond acceptors (Lipinski definition) is 4. The molecule has 0 aromatic carbocycles. The molecule has 0 atom stereocenters. The van der Waals surface area contributed by atoms with Gasteiger partial charge in [0, 0.05) is 24.3 Å². The largest absolute Gasteiger partial charge is 0.435 e. The summed E-state index contributed by atoms with van der Waals surface area (Å²) in [6.45, 7) is 10.2. The maximum atomic E-state index is 5.81. The average molecular weight is 288 g/mol.